The minimum Gasteiger partial charge on any atom is -0.496 e. The summed E-state index contributed by atoms with van der Waals surface area (Å²) in [4.78, 5) is 6.92. The van der Waals surface area contributed by atoms with E-state index in [9.17, 15) is 0 Å². The zero-order valence-electron chi connectivity index (χ0n) is 12.6. The molecule has 2 heterocycles. The van der Waals surface area contributed by atoms with Gasteiger partial charge in [-0.25, -0.2) is 4.98 Å². The zero-order valence-corrected chi connectivity index (χ0v) is 12.6. The van der Waals surface area contributed by atoms with Crippen molar-refractivity contribution >= 4 is 0 Å². The van der Waals surface area contributed by atoms with Crippen molar-refractivity contribution in [3.8, 4) is 5.75 Å². The molecule has 1 aliphatic heterocycles. The Morgan fingerprint density at radius 2 is 2.24 bits per heavy atom. The number of ether oxygens (including phenoxy) is 1. The van der Waals surface area contributed by atoms with Crippen LogP contribution >= 0.6 is 0 Å². The van der Waals surface area contributed by atoms with Gasteiger partial charge in [-0.2, -0.15) is 0 Å². The first-order chi connectivity index (χ1) is 10.3. The van der Waals surface area contributed by atoms with Gasteiger partial charge in [0.1, 0.15) is 11.6 Å². The number of benzene rings is 1. The molecule has 3 rings (SSSR count). The summed E-state index contributed by atoms with van der Waals surface area (Å²) in [7, 11) is 3.78. The molecule has 1 saturated heterocycles. The standard InChI is InChI=1S/C16H22N4O/c1-19-9-8-18-16(19)12-20-10-7-17-11-14(20)13-5-3-4-6-15(13)21-2/h3-6,8-9,14,17H,7,10-12H2,1-2H3. The molecular formula is C16H22N4O. The molecular weight excluding hydrogens is 264 g/mol. The van der Waals surface area contributed by atoms with Crippen molar-refractivity contribution in [2.75, 3.05) is 26.7 Å². The van der Waals surface area contributed by atoms with Crippen LogP contribution in [0.4, 0.5) is 0 Å². The summed E-state index contributed by atoms with van der Waals surface area (Å²) in [6, 6.07) is 8.59. The fourth-order valence-corrected chi connectivity index (χ4v) is 2.91. The van der Waals surface area contributed by atoms with E-state index in [2.05, 4.69) is 31.9 Å². The molecule has 1 aromatic carbocycles. The van der Waals surface area contributed by atoms with E-state index in [4.69, 9.17) is 4.74 Å². The number of para-hydroxylation sites is 1. The van der Waals surface area contributed by atoms with Crippen LogP contribution in [-0.4, -0.2) is 41.2 Å². The van der Waals surface area contributed by atoms with Gasteiger partial charge >= 0.3 is 0 Å². The van der Waals surface area contributed by atoms with Crippen molar-refractivity contribution in [2.45, 2.75) is 12.6 Å². The van der Waals surface area contributed by atoms with Crippen LogP contribution in [0.2, 0.25) is 0 Å². The Morgan fingerprint density at radius 3 is 3.00 bits per heavy atom. The topological polar surface area (TPSA) is 42.3 Å². The quantitative estimate of drug-likeness (QED) is 0.926. The van der Waals surface area contributed by atoms with Gasteiger partial charge in [-0.15, -0.1) is 0 Å². The summed E-state index contributed by atoms with van der Waals surface area (Å²) >= 11 is 0. The van der Waals surface area contributed by atoms with Gasteiger partial charge in [-0.3, -0.25) is 4.90 Å². The van der Waals surface area contributed by atoms with Crippen molar-refractivity contribution in [3.05, 3.63) is 48.0 Å². The molecule has 1 N–H and O–H groups in total. The zero-order chi connectivity index (χ0) is 14.7. The normalized spacial score (nSPS) is 19.6. The van der Waals surface area contributed by atoms with Crippen LogP contribution in [-0.2, 0) is 13.6 Å². The molecule has 5 nitrogen and oxygen atoms in total. The summed E-state index contributed by atoms with van der Waals surface area (Å²) in [5.41, 5.74) is 1.24. The highest BCUT2D eigenvalue weighted by Gasteiger charge is 2.26. The number of aromatic nitrogens is 2. The maximum absolute atomic E-state index is 5.53. The van der Waals surface area contributed by atoms with E-state index in [1.165, 1.54) is 5.56 Å². The fraction of sp³-hybridized carbons (Fsp3) is 0.438. The van der Waals surface area contributed by atoms with Crippen LogP contribution in [0, 0.1) is 0 Å². The summed E-state index contributed by atoms with van der Waals surface area (Å²) in [6.45, 7) is 3.81. The Hall–Kier alpha value is -1.85. The average molecular weight is 286 g/mol. The molecule has 1 aliphatic rings. The Kier molecular flexibility index (Phi) is 4.22. The number of methoxy groups -OCH3 is 1. The van der Waals surface area contributed by atoms with E-state index in [1.807, 2.05) is 31.6 Å². The van der Waals surface area contributed by atoms with Gasteiger partial charge < -0.3 is 14.6 Å². The molecule has 0 saturated carbocycles. The lowest BCUT2D eigenvalue weighted by molar-refractivity contribution is 0.146. The van der Waals surface area contributed by atoms with Crippen LogP contribution in [0.25, 0.3) is 0 Å². The van der Waals surface area contributed by atoms with Crippen LogP contribution in [0.5, 0.6) is 5.75 Å². The van der Waals surface area contributed by atoms with Gasteiger partial charge in [0, 0.05) is 44.6 Å². The molecule has 1 unspecified atom stereocenters. The molecule has 0 bridgehead atoms. The van der Waals surface area contributed by atoms with E-state index < -0.39 is 0 Å². The lowest BCUT2D eigenvalue weighted by Gasteiger charge is -2.36. The summed E-state index contributed by atoms with van der Waals surface area (Å²) < 4.78 is 7.62. The molecule has 0 aliphatic carbocycles. The van der Waals surface area contributed by atoms with Crippen molar-refractivity contribution in [1.29, 1.82) is 0 Å². The van der Waals surface area contributed by atoms with Crippen LogP contribution in [0.3, 0.4) is 0 Å². The fourth-order valence-electron chi connectivity index (χ4n) is 2.91. The third-order valence-electron chi connectivity index (χ3n) is 4.12. The average Bonchev–Trinajstić information content (AvgIpc) is 2.93. The Morgan fingerprint density at radius 1 is 1.38 bits per heavy atom. The highest BCUT2D eigenvalue weighted by Crippen LogP contribution is 2.30. The van der Waals surface area contributed by atoms with Crippen molar-refractivity contribution in [1.82, 2.24) is 19.8 Å². The van der Waals surface area contributed by atoms with Crippen molar-refractivity contribution < 1.29 is 4.74 Å². The summed E-state index contributed by atoms with van der Waals surface area (Å²) in [5, 5.41) is 3.48. The number of rotatable bonds is 4. The number of nitrogens with one attached hydrogen (secondary N) is 1. The number of imidazole rings is 1. The van der Waals surface area contributed by atoms with Gasteiger partial charge in [0.25, 0.3) is 0 Å². The lowest BCUT2D eigenvalue weighted by atomic mass is 10.0. The molecule has 0 amide bonds. The second-order valence-corrected chi connectivity index (χ2v) is 5.39. The van der Waals surface area contributed by atoms with Gasteiger partial charge in [0.15, 0.2) is 0 Å². The molecule has 5 heteroatoms. The minimum atomic E-state index is 0.312. The molecule has 112 valence electrons. The van der Waals surface area contributed by atoms with E-state index in [-0.39, 0.29) is 0 Å². The van der Waals surface area contributed by atoms with Crippen LogP contribution in [0.1, 0.15) is 17.4 Å². The first-order valence-corrected chi connectivity index (χ1v) is 7.33. The second-order valence-electron chi connectivity index (χ2n) is 5.39. The van der Waals surface area contributed by atoms with Crippen LogP contribution in [0.15, 0.2) is 36.7 Å². The Bertz CT molecular complexity index is 595. The van der Waals surface area contributed by atoms with Gasteiger partial charge in [-0.1, -0.05) is 18.2 Å². The first-order valence-electron chi connectivity index (χ1n) is 7.33. The monoisotopic (exact) mass is 286 g/mol. The lowest BCUT2D eigenvalue weighted by Crippen LogP contribution is -2.45. The largest absolute Gasteiger partial charge is 0.496 e. The number of nitrogens with zero attached hydrogens (tertiary/aromatic N) is 3. The molecule has 1 aromatic heterocycles. The maximum Gasteiger partial charge on any atom is 0.123 e. The molecule has 0 spiro atoms. The third kappa shape index (κ3) is 2.94. The first kappa shape index (κ1) is 14.1. The number of aryl methyl sites for hydroxylation is 1. The smallest absolute Gasteiger partial charge is 0.123 e. The van der Waals surface area contributed by atoms with E-state index in [0.717, 1.165) is 37.8 Å². The number of piperazine rings is 1. The number of hydrogen-bond donors (Lipinski definition) is 1. The molecule has 0 radical (unpaired) electrons. The van der Waals surface area contributed by atoms with Gasteiger partial charge in [0.05, 0.1) is 19.7 Å². The van der Waals surface area contributed by atoms with E-state index in [0.29, 0.717) is 6.04 Å². The highest BCUT2D eigenvalue weighted by atomic mass is 16.5. The molecule has 21 heavy (non-hydrogen) atoms. The maximum atomic E-state index is 5.53. The highest BCUT2D eigenvalue weighted by molar-refractivity contribution is 5.36. The third-order valence-corrected chi connectivity index (χ3v) is 4.12. The van der Waals surface area contributed by atoms with Crippen LogP contribution < -0.4 is 10.1 Å². The minimum absolute atomic E-state index is 0.312. The summed E-state index contributed by atoms with van der Waals surface area (Å²) in [6.07, 6.45) is 3.85. The van der Waals surface area contributed by atoms with Gasteiger partial charge in [-0.05, 0) is 6.07 Å². The number of hydrogen-bond acceptors (Lipinski definition) is 4. The van der Waals surface area contributed by atoms with Crippen molar-refractivity contribution in [2.24, 2.45) is 7.05 Å². The molecule has 1 fully saturated rings. The SMILES string of the molecule is COc1ccccc1C1CNCCN1Cc1nccn1C. The predicted octanol–water partition coefficient (Wildman–Crippen LogP) is 1.58. The summed E-state index contributed by atoms with van der Waals surface area (Å²) in [5.74, 6) is 2.05. The Labute approximate surface area is 125 Å². The predicted molar refractivity (Wildman–Crippen MR) is 82.2 cm³/mol. The Balaban J connectivity index is 1.86. The van der Waals surface area contributed by atoms with Gasteiger partial charge in [0.2, 0.25) is 0 Å². The van der Waals surface area contributed by atoms with Crippen molar-refractivity contribution in [3.63, 3.8) is 0 Å². The second kappa shape index (κ2) is 6.28. The molecule has 2 aromatic rings. The van der Waals surface area contributed by atoms with E-state index in [1.54, 1.807) is 7.11 Å². The van der Waals surface area contributed by atoms with E-state index >= 15 is 0 Å². The molecule has 1 atom stereocenters.